The SMILES string of the molecule is COc1ccc(NC(=O)COC(=O)CCOc2ccccc2C)c(OC)c1. The Bertz CT molecular complexity index is 790. The van der Waals surface area contributed by atoms with Gasteiger partial charge in [0, 0.05) is 6.07 Å². The fourth-order valence-corrected chi connectivity index (χ4v) is 2.27. The molecule has 0 atom stereocenters. The van der Waals surface area contributed by atoms with Crippen LogP contribution in [0.3, 0.4) is 0 Å². The molecule has 2 rings (SSSR count). The highest BCUT2D eigenvalue weighted by Gasteiger charge is 2.12. The van der Waals surface area contributed by atoms with E-state index in [-0.39, 0.29) is 13.0 Å². The third-order valence-electron chi connectivity index (χ3n) is 3.70. The number of benzene rings is 2. The number of anilines is 1. The summed E-state index contributed by atoms with van der Waals surface area (Å²) in [6.07, 6.45) is 0.0491. The highest BCUT2D eigenvalue weighted by atomic mass is 16.5. The topological polar surface area (TPSA) is 83.1 Å². The first-order valence-corrected chi connectivity index (χ1v) is 8.39. The van der Waals surface area contributed by atoms with Gasteiger partial charge >= 0.3 is 5.97 Å². The quantitative estimate of drug-likeness (QED) is 0.681. The van der Waals surface area contributed by atoms with E-state index in [9.17, 15) is 9.59 Å². The van der Waals surface area contributed by atoms with Gasteiger partial charge in [-0.3, -0.25) is 9.59 Å². The van der Waals surface area contributed by atoms with Crippen molar-refractivity contribution in [2.45, 2.75) is 13.3 Å². The first kappa shape index (κ1) is 20.1. The average Bonchev–Trinajstić information content (AvgIpc) is 2.68. The van der Waals surface area contributed by atoms with Crippen molar-refractivity contribution in [2.24, 2.45) is 0 Å². The van der Waals surface area contributed by atoms with E-state index >= 15 is 0 Å². The molecule has 7 nitrogen and oxygen atoms in total. The first-order chi connectivity index (χ1) is 13.0. The standard InChI is InChI=1S/C20H23NO6/c1-14-6-4-5-7-17(14)26-11-10-20(23)27-13-19(22)21-16-9-8-15(24-2)12-18(16)25-3/h4-9,12H,10-11,13H2,1-3H3,(H,21,22). The average molecular weight is 373 g/mol. The number of methoxy groups -OCH3 is 2. The van der Waals surface area contributed by atoms with E-state index in [0.29, 0.717) is 17.2 Å². The number of rotatable bonds is 9. The molecule has 1 N–H and O–H groups in total. The normalized spacial score (nSPS) is 10.0. The summed E-state index contributed by atoms with van der Waals surface area (Å²) < 4.78 is 20.8. The highest BCUT2D eigenvalue weighted by Crippen LogP contribution is 2.28. The Labute approximate surface area is 158 Å². The Morgan fingerprint density at radius 1 is 1.00 bits per heavy atom. The molecule has 0 saturated heterocycles. The molecule has 0 aliphatic rings. The zero-order valence-corrected chi connectivity index (χ0v) is 15.6. The zero-order valence-electron chi connectivity index (χ0n) is 15.6. The minimum absolute atomic E-state index is 0.0491. The van der Waals surface area contributed by atoms with Crippen LogP contribution in [0.25, 0.3) is 0 Å². The van der Waals surface area contributed by atoms with Crippen LogP contribution in [0, 0.1) is 6.92 Å². The van der Waals surface area contributed by atoms with Crippen LogP contribution in [-0.2, 0) is 14.3 Å². The molecule has 0 saturated carbocycles. The van der Waals surface area contributed by atoms with Crippen LogP contribution < -0.4 is 19.5 Å². The van der Waals surface area contributed by atoms with Gasteiger partial charge in [-0.25, -0.2) is 0 Å². The molecule has 0 unspecified atom stereocenters. The smallest absolute Gasteiger partial charge is 0.309 e. The summed E-state index contributed by atoms with van der Waals surface area (Å²) in [5, 5.41) is 2.63. The lowest BCUT2D eigenvalue weighted by Gasteiger charge is -2.12. The fraction of sp³-hybridized carbons (Fsp3) is 0.300. The van der Waals surface area contributed by atoms with Crippen molar-refractivity contribution in [3.8, 4) is 17.2 Å². The highest BCUT2D eigenvalue weighted by molar-refractivity contribution is 5.94. The molecule has 2 aromatic carbocycles. The minimum atomic E-state index is -0.513. The number of hydrogen-bond acceptors (Lipinski definition) is 6. The van der Waals surface area contributed by atoms with E-state index in [1.807, 2.05) is 31.2 Å². The third kappa shape index (κ3) is 6.22. The van der Waals surface area contributed by atoms with E-state index in [2.05, 4.69) is 5.32 Å². The van der Waals surface area contributed by atoms with Gasteiger partial charge in [-0.1, -0.05) is 18.2 Å². The maximum Gasteiger partial charge on any atom is 0.309 e. The molecule has 0 aliphatic carbocycles. The summed E-state index contributed by atoms with van der Waals surface area (Å²) in [5.41, 5.74) is 1.45. The molecule has 0 heterocycles. The van der Waals surface area contributed by atoms with E-state index in [4.69, 9.17) is 18.9 Å². The number of ether oxygens (including phenoxy) is 4. The molecule has 7 heteroatoms. The number of nitrogens with one attached hydrogen (secondary N) is 1. The number of hydrogen-bond donors (Lipinski definition) is 1. The lowest BCUT2D eigenvalue weighted by molar-refractivity contribution is -0.147. The summed E-state index contributed by atoms with van der Waals surface area (Å²) in [5.74, 6) is 0.785. The van der Waals surface area contributed by atoms with E-state index in [1.54, 1.807) is 18.2 Å². The molecule has 0 aromatic heterocycles. The summed E-state index contributed by atoms with van der Waals surface area (Å²) in [6.45, 7) is 1.71. The van der Waals surface area contributed by atoms with Gasteiger partial charge in [-0.05, 0) is 30.7 Å². The van der Waals surface area contributed by atoms with Crippen LogP contribution in [0.5, 0.6) is 17.2 Å². The summed E-state index contributed by atoms with van der Waals surface area (Å²) in [7, 11) is 3.02. The molecular weight excluding hydrogens is 350 g/mol. The summed E-state index contributed by atoms with van der Waals surface area (Å²) in [6, 6.07) is 12.5. The molecule has 0 aliphatic heterocycles. The van der Waals surface area contributed by atoms with E-state index < -0.39 is 18.5 Å². The largest absolute Gasteiger partial charge is 0.497 e. The second-order valence-corrected chi connectivity index (χ2v) is 5.64. The van der Waals surface area contributed by atoms with Gasteiger partial charge in [0.25, 0.3) is 5.91 Å². The van der Waals surface area contributed by atoms with Crippen LogP contribution in [0.15, 0.2) is 42.5 Å². The van der Waals surface area contributed by atoms with E-state index in [1.165, 1.54) is 14.2 Å². The molecule has 27 heavy (non-hydrogen) atoms. The molecular formula is C20H23NO6. The Balaban J connectivity index is 1.75. The van der Waals surface area contributed by atoms with E-state index in [0.717, 1.165) is 11.3 Å². The maximum absolute atomic E-state index is 12.0. The van der Waals surface area contributed by atoms with Crippen molar-refractivity contribution in [1.82, 2.24) is 0 Å². The fourth-order valence-electron chi connectivity index (χ4n) is 2.27. The van der Waals surface area contributed by atoms with Gasteiger partial charge in [0.1, 0.15) is 17.2 Å². The van der Waals surface area contributed by atoms with Crippen LogP contribution >= 0.6 is 0 Å². The lowest BCUT2D eigenvalue weighted by Crippen LogP contribution is -2.22. The molecule has 1 amide bonds. The van der Waals surface area contributed by atoms with Crippen LogP contribution in [0.2, 0.25) is 0 Å². The second kappa shape index (κ2) is 10.1. The van der Waals surface area contributed by atoms with Gasteiger partial charge in [0.15, 0.2) is 6.61 Å². The van der Waals surface area contributed by atoms with Gasteiger partial charge < -0.3 is 24.3 Å². The molecule has 0 spiro atoms. The third-order valence-corrected chi connectivity index (χ3v) is 3.70. The predicted octanol–water partition coefficient (Wildman–Crippen LogP) is 2.96. The van der Waals surface area contributed by atoms with Gasteiger partial charge in [-0.15, -0.1) is 0 Å². The maximum atomic E-state index is 12.0. The van der Waals surface area contributed by atoms with Crippen molar-refractivity contribution < 1.29 is 28.5 Å². The van der Waals surface area contributed by atoms with Crippen molar-refractivity contribution in [3.63, 3.8) is 0 Å². The van der Waals surface area contributed by atoms with Crippen molar-refractivity contribution in [2.75, 3.05) is 32.8 Å². The van der Waals surface area contributed by atoms with Gasteiger partial charge in [0.05, 0.1) is 32.9 Å². The first-order valence-electron chi connectivity index (χ1n) is 8.39. The lowest BCUT2D eigenvalue weighted by atomic mass is 10.2. The predicted molar refractivity (Wildman–Crippen MR) is 100 cm³/mol. The molecule has 0 fully saturated rings. The molecule has 144 valence electrons. The van der Waals surface area contributed by atoms with Crippen LogP contribution in [0.1, 0.15) is 12.0 Å². The monoisotopic (exact) mass is 373 g/mol. The number of carbonyl (C=O) groups is 2. The Kier molecular flexibility index (Phi) is 7.49. The molecule has 2 aromatic rings. The number of aryl methyl sites for hydroxylation is 1. The summed E-state index contributed by atoms with van der Waals surface area (Å²) in [4.78, 5) is 23.7. The van der Waals surface area contributed by atoms with Gasteiger partial charge in [0.2, 0.25) is 0 Å². The minimum Gasteiger partial charge on any atom is -0.497 e. The number of para-hydroxylation sites is 1. The van der Waals surface area contributed by atoms with Crippen molar-refractivity contribution in [1.29, 1.82) is 0 Å². The Morgan fingerprint density at radius 3 is 2.48 bits per heavy atom. The van der Waals surface area contributed by atoms with Crippen molar-refractivity contribution >= 4 is 17.6 Å². The van der Waals surface area contributed by atoms with Crippen molar-refractivity contribution in [3.05, 3.63) is 48.0 Å². The Morgan fingerprint density at radius 2 is 1.78 bits per heavy atom. The number of esters is 1. The van der Waals surface area contributed by atoms with Crippen LogP contribution in [-0.4, -0.2) is 39.3 Å². The Hall–Kier alpha value is -3.22. The van der Waals surface area contributed by atoms with Crippen LogP contribution in [0.4, 0.5) is 5.69 Å². The number of amides is 1. The molecule has 0 radical (unpaired) electrons. The second-order valence-electron chi connectivity index (χ2n) is 5.64. The van der Waals surface area contributed by atoms with Gasteiger partial charge in [-0.2, -0.15) is 0 Å². The zero-order chi connectivity index (χ0) is 19.6. The molecule has 0 bridgehead atoms. The summed E-state index contributed by atoms with van der Waals surface area (Å²) >= 11 is 0. The number of carbonyl (C=O) groups excluding carboxylic acids is 2.